The Labute approximate surface area is 177 Å². The molecule has 3 heterocycles. The third-order valence-corrected chi connectivity index (χ3v) is 5.91. The number of benzene rings is 1. The highest BCUT2D eigenvalue weighted by Crippen LogP contribution is 2.33. The van der Waals surface area contributed by atoms with Crippen LogP contribution in [0.15, 0.2) is 59.9 Å². The molecule has 0 bridgehead atoms. The predicted molar refractivity (Wildman–Crippen MR) is 121 cm³/mol. The van der Waals surface area contributed by atoms with E-state index in [4.69, 9.17) is 0 Å². The highest BCUT2D eigenvalue weighted by molar-refractivity contribution is 7.89. The number of aliphatic imine (C=N–C) groups is 1. The second kappa shape index (κ2) is 7.65. The van der Waals surface area contributed by atoms with Gasteiger partial charge in [-0.3, -0.25) is 9.98 Å². The monoisotopic (exact) mass is 420 g/mol. The number of nitrogens with zero attached hydrogens (tertiary/aromatic N) is 3. The number of nitrogens with one attached hydrogen (secondary N) is 1. The van der Waals surface area contributed by atoms with Crippen LogP contribution in [-0.4, -0.2) is 37.4 Å². The summed E-state index contributed by atoms with van der Waals surface area (Å²) < 4.78 is 23.1. The molecule has 154 valence electrons. The summed E-state index contributed by atoms with van der Waals surface area (Å²) in [5.41, 5.74) is 5.88. The van der Waals surface area contributed by atoms with Crippen molar-refractivity contribution in [1.82, 2.24) is 9.97 Å². The lowest BCUT2D eigenvalue weighted by Gasteiger charge is -2.29. The van der Waals surface area contributed by atoms with Crippen LogP contribution >= 0.6 is 0 Å². The SMILES string of the molecule is CC1(C)CN=Cc2ccc(-c3ccnc(Nc4ccnc(CS(C)(=O)=O)c4)c3)cc21. The van der Waals surface area contributed by atoms with E-state index in [0.29, 0.717) is 11.5 Å². The van der Waals surface area contributed by atoms with Gasteiger partial charge in [0.2, 0.25) is 0 Å². The van der Waals surface area contributed by atoms with Crippen molar-refractivity contribution in [2.45, 2.75) is 25.0 Å². The predicted octanol–water partition coefficient (Wildman–Crippen LogP) is 4.14. The Bertz CT molecular complexity index is 1230. The molecule has 0 spiro atoms. The number of aromatic nitrogens is 2. The summed E-state index contributed by atoms with van der Waals surface area (Å²) in [6.45, 7) is 5.21. The van der Waals surface area contributed by atoms with Gasteiger partial charge in [0.1, 0.15) is 5.82 Å². The van der Waals surface area contributed by atoms with Crippen LogP contribution in [-0.2, 0) is 21.0 Å². The standard InChI is InChI=1S/C23H24N4O2S/c1-23(2)15-24-13-18-5-4-16(10-21(18)23)17-6-8-26-22(11-17)27-19-7-9-25-20(12-19)14-30(3,28)29/h4-13H,14-15H2,1-3H3,(H,25,26,27). The molecule has 4 rings (SSSR count). The van der Waals surface area contributed by atoms with E-state index < -0.39 is 9.84 Å². The summed E-state index contributed by atoms with van der Waals surface area (Å²) in [6, 6.07) is 13.9. The summed E-state index contributed by atoms with van der Waals surface area (Å²) in [4.78, 5) is 13.0. The molecule has 0 saturated carbocycles. The quantitative estimate of drug-likeness (QED) is 0.671. The van der Waals surface area contributed by atoms with Crippen LogP contribution in [0.5, 0.6) is 0 Å². The smallest absolute Gasteiger partial charge is 0.153 e. The van der Waals surface area contributed by atoms with Gasteiger partial charge < -0.3 is 5.32 Å². The van der Waals surface area contributed by atoms with Crippen molar-refractivity contribution in [3.8, 4) is 11.1 Å². The number of anilines is 2. The Morgan fingerprint density at radius 1 is 1.00 bits per heavy atom. The Kier molecular flexibility index (Phi) is 5.15. The van der Waals surface area contributed by atoms with Crippen LogP contribution in [0.2, 0.25) is 0 Å². The van der Waals surface area contributed by atoms with Gasteiger partial charge in [-0.15, -0.1) is 0 Å². The largest absolute Gasteiger partial charge is 0.340 e. The first-order valence-corrected chi connectivity index (χ1v) is 11.8. The number of pyridine rings is 2. The fourth-order valence-electron chi connectivity index (χ4n) is 3.62. The molecule has 30 heavy (non-hydrogen) atoms. The number of fused-ring (bicyclic) bond motifs is 1. The van der Waals surface area contributed by atoms with Crippen molar-refractivity contribution in [2.24, 2.45) is 4.99 Å². The Morgan fingerprint density at radius 2 is 1.77 bits per heavy atom. The first-order valence-electron chi connectivity index (χ1n) is 9.70. The third kappa shape index (κ3) is 4.57. The normalized spacial score (nSPS) is 14.9. The minimum Gasteiger partial charge on any atom is -0.340 e. The molecule has 3 aromatic rings. The first kappa shape index (κ1) is 20.2. The van der Waals surface area contributed by atoms with Crippen LogP contribution in [0.25, 0.3) is 11.1 Å². The van der Waals surface area contributed by atoms with Gasteiger partial charge >= 0.3 is 0 Å². The summed E-state index contributed by atoms with van der Waals surface area (Å²) in [5.74, 6) is 0.590. The zero-order valence-electron chi connectivity index (χ0n) is 17.3. The minimum atomic E-state index is -3.14. The Balaban J connectivity index is 1.62. The molecule has 6 nitrogen and oxygen atoms in total. The fraction of sp³-hybridized carbons (Fsp3) is 0.261. The maximum absolute atomic E-state index is 11.5. The van der Waals surface area contributed by atoms with Crippen molar-refractivity contribution in [2.75, 3.05) is 18.1 Å². The molecule has 0 amide bonds. The van der Waals surface area contributed by atoms with Gasteiger partial charge in [-0.2, -0.15) is 0 Å². The van der Waals surface area contributed by atoms with E-state index in [-0.39, 0.29) is 11.2 Å². The Hall–Kier alpha value is -3.06. The molecule has 0 fully saturated rings. The first-order chi connectivity index (χ1) is 14.2. The van der Waals surface area contributed by atoms with E-state index in [9.17, 15) is 8.42 Å². The highest BCUT2D eigenvalue weighted by Gasteiger charge is 2.25. The maximum Gasteiger partial charge on any atom is 0.153 e. The lowest BCUT2D eigenvalue weighted by molar-refractivity contribution is 0.534. The molecule has 0 radical (unpaired) electrons. The van der Waals surface area contributed by atoms with Crippen molar-refractivity contribution in [1.29, 1.82) is 0 Å². The van der Waals surface area contributed by atoms with Gasteiger partial charge in [-0.05, 0) is 52.6 Å². The van der Waals surface area contributed by atoms with Crippen LogP contribution in [0.4, 0.5) is 11.5 Å². The second-order valence-electron chi connectivity index (χ2n) is 8.32. The number of hydrogen-bond donors (Lipinski definition) is 1. The average Bonchev–Trinajstić information content (AvgIpc) is 2.67. The van der Waals surface area contributed by atoms with Gasteiger partial charge in [0, 0.05) is 42.5 Å². The van der Waals surface area contributed by atoms with Gasteiger partial charge in [0.25, 0.3) is 0 Å². The van der Waals surface area contributed by atoms with Crippen molar-refractivity contribution in [3.05, 3.63) is 71.7 Å². The summed E-state index contributed by atoms with van der Waals surface area (Å²) >= 11 is 0. The maximum atomic E-state index is 11.5. The molecule has 1 N–H and O–H groups in total. The average molecular weight is 421 g/mol. The lowest BCUT2D eigenvalue weighted by Crippen LogP contribution is -2.26. The van der Waals surface area contributed by atoms with Gasteiger partial charge in [-0.1, -0.05) is 26.0 Å². The minimum absolute atomic E-state index is 0.00125. The van der Waals surface area contributed by atoms with Crippen molar-refractivity contribution in [3.63, 3.8) is 0 Å². The molecule has 0 aliphatic carbocycles. The Morgan fingerprint density at radius 3 is 2.57 bits per heavy atom. The number of hydrogen-bond acceptors (Lipinski definition) is 6. The van der Waals surface area contributed by atoms with Gasteiger partial charge in [-0.25, -0.2) is 13.4 Å². The molecule has 1 aromatic carbocycles. The van der Waals surface area contributed by atoms with Crippen LogP contribution < -0.4 is 5.32 Å². The highest BCUT2D eigenvalue weighted by atomic mass is 32.2. The topological polar surface area (TPSA) is 84.3 Å². The zero-order valence-corrected chi connectivity index (χ0v) is 18.1. The number of sulfone groups is 1. The van der Waals surface area contributed by atoms with E-state index in [2.05, 4.69) is 52.3 Å². The molecular formula is C23H24N4O2S. The molecule has 0 atom stereocenters. The molecule has 0 saturated heterocycles. The third-order valence-electron chi connectivity index (χ3n) is 5.09. The van der Waals surface area contributed by atoms with E-state index >= 15 is 0 Å². The molecule has 0 unspecified atom stereocenters. The van der Waals surface area contributed by atoms with E-state index in [1.807, 2.05) is 18.3 Å². The molecule has 2 aromatic heterocycles. The van der Waals surface area contributed by atoms with Crippen molar-refractivity contribution < 1.29 is 8.42 Å². The van der Waals surface area contributed by atoms with Crippen molar-refractivity contribution >= 4 is 27.6 Å². The van der Waals surface area contributed by atoms with Crippen LogP contribution in [0.3, 0.4) is 0 Å². The van der Waals surface area contributed by atoms with Crippen LogP contribution in [0.1, 0.15) is 30.7 Å². The van der Waals surface area contributed by atoms with Gasteiger partial charge in [0.05, 0.1) is 11.4 Å². The van der Waals surface area contributed by atoms with Gasteiger partial charge in [0.15, 0.2) is 9.84 Å². The molecular weight excluding hydrogens is 396 g/mol. The summed E-state index contributed by atoms with van der Waals surface area (Å²) in [6.07, 6.45) is 6.51. The summed E-state index contributed by atoms with van der Waals surface area (Å²) in [5, 5.41) is 3.25. The van der Waals surface area contributed by atoms with E-state index in [1.54, 1.807) is 24.5 Å². The molecule has 1 aliphatic heterocycles. The lowest BCUT2D eigenvalue weighted by atomic mass is 9.79. The second-order valence-corrected chi connectivity index (χ2v) is 10.5. The number of rotatable bonds is 5. The molecule has 1 aliphatic rings. The summed E-state index contributed by atoms with van der Waals surface area (Å²) in [7, 11) is -3.14. The van der Waals surface area contributed by atoms with E-state index in [1.165, 1.54) is 11.8 Å². The van der Waals surface area contributed by atoms with Crippen LogP contribution in [0, 0.1) is 0 Å². The molecule has 7 heteroatoms. The fourth-order valence-corrected chi connectivity index (χ4v) is 4.32. The van der Waals surface area contributed by atoms with E-state index in [0.717, 1.165) is 28.9 Å². The zero-order chi connectivity index (χ0) is 21.4.